The van der Waals surface area contributed by atoms with Crippen molar-refractivity contribution in [1.29, 1.82) is 0 Å². The molecular weight excluding hydrogens is 298 g/mol. The van der Waals surface area contributed by atoms with E-state index in [1.807, 2.05) is 0 Å². The molecule has 0 amide bonds. The van der Waals surface area contributed by atoms with Crippen LogP contribution in [0.3, 0.4) is 0 Å². The lowest BCUT2D eigenvalue weighted by Crippen LogP contribution is -2.26. The van der Waals surface area contributed by atoms with Crippen molar-refractivity contribution in [1.82, 2.24) is 14.1 Å². The van der Waals surface area contributed by atoms with Crippen molar-refractivity contribution in [2.75, 3.05) is 7.05 Å². The molecule has 0 unspecified atom stereocenters. The summed E-state index contributed by atoms with van der Waals surface area (Å²) in [4.78, 5) is 10.5. The Morgan fingerprint density at radius 1 is 1.52 bits per heavy atom. The van der Waals surface area contributed by atoms with Gasteiger partial charge in [-0.2, -0.15) is 9.40 Å². The fourth-order valence-electron chi connectivity index (χ4n) is 1.78. The fourth-order valence-corrected chi connectivity index (χ4v) is 2.89. The molecule has 0 radical (unpaired) electrons. The van der Waals surface area contributed by atoms with Gasteiger partial charge >= 0.3 is 5.97 Å². The fraction of sp³-hybridized carbons (Fsp3) is 0.333. The molecule has 0 aliphatic rings. The van der Waals surface area contributed by atoms with Crippen LogP contribution in [0.25, 0.3) is 0 Å². The van der Waals surface area contributed by atoms with Crippen molar-refractivity contribution in [2.24, 2.45) is 0 Å². The maximum absolute atomic E-state index is 12.4. The number of aromatic nitrogens is 2. The number of carboxylic acid groups (broad SMARTS) is 1. The zero-order chi connectivity index (χ0) is 15.6. The molecule has 2 aromatic heterocycles. The molecule has 0 atom stereocenters. The first-order valence-corrected chi connectivity index (χ1v) is 7.48. The van der Waals surface area contributed by atoms with Crippen molar-refractivity contribution in [3.8, 4) is 0 Å². The molecule has 0 aliphatic heterocycles. The van der Waals surface area contributed by atoms with E-state index in [0.29, 0.717) is 5.76 Å². The Morgan fingerprint density at radius 3 is 2.81 bits per heavy atom. The number of carbonyl (C=O) groups is 1. The number of hydrogen-bond acceptors (Lipinski definition) is 5. The van der Waals surface area contributed by atoms with E-state index in [1.165, 1.54) is 19.5 Å². The van der Waals surface area contributed by atoms with Gasteiger partial charge in [0.25, 0.3) is 0 Å². The molecule has 2 aromatic rings. The van der Waals surface area contributed by atoms with Gasteiger partial charge in [-0.15, -0.1) is 0 Å². The van der Waals surface area contributed by atoms with Gasteiger partial charge in [0.1, 0.15) is 17.2 Å². The summed E-state index contributed by atoms with van der Waals surface area (Å²) < 4.78 is 32.1. The molecule has 21 heavy (non-hydrogen) atoms. The summed E-state index contributed by atoms with van der Waals surface area (Å²) in [6, 6.07) is 1.70. The number of aliphatic carboxylic acids is 1. The largest absolute Gasteiger partial charge is 0.480 e. The zero-order valence-electron chi connectivity index (χ0n) is 11.6. The van der Waals surface area contributed by atoms with E-state index in [2.05, 4.69) is 5.10 Å². The molecule has 9 heteroatoms. The SMILES string of the molecule is Cc1occc1CN(C)S(=O)(=O)c1cnn(CC(=O)O)c1. The van der Waals surface area contributed by atoms with Gasteiger partial charge in [-0.3, -0.25) is 9.48 Å². The van der Waals surface area contributed by atoms with Crippen LogP contribution in [0.15, 0.2) is 34.0 Å². The summed E-state index contributed by atoms with van der Waals surface area (Å²) in [5.41, 5.74) is 0.763. The third kappa shape index (κ3) is 3.31. The highest BCUT2D eigenvalue weighted by Gasteiger charge is 2.24. The Labute approximate surface area is 121 Å². The lowest BCUT2D eigenvalue weighted by Gasteiger charge is -2.15. The van der Waals surface area contributed by atoms with Crippen molar-refractivity contribution in [3.05, 3.63) is 36.0 Å². The Kier molecular flexibility index (Phi) is 4.14. The van der Waals surface area contributed by atoms with Crippen molar-refractivity contribution in [2.45, 2.75) is 24.9 Å². The third-order valence-corrected chi connectivity index (χ3v) is 4.73. The summed E-state index contributed by atoms with van der Waals surface area (Å²) in [5.74, 6) is -0.442. The molecule has 0 fully saturated rings. The molecule has 8 nitrogen and oxygen atoms in total. The van der Waals surface area contributed by atoms with Crippen LogP contribution in [0.4, 0.5) is 0 Å². The second-order valence-corrected chi connectivity index (χ2v) is 6.58. The summed E-state index contributed by atoms with van der Waals surface area (Å²) in [6.07, 6.45) is 3.83. The molecule has 2 heterocycles. The van der Waals surface area contributed by atoms with Gasteiger partial charge in [0.05, 0.1) is 12.5 Å². The van der Waals surface area contributed by atoms with Gasteiger partial charge in [-0.1, -0.05) is 0 Å². The van der Waals surface area contributed by atoms with Crippen LogP contribution >= 0.6 is 0 Å². The summed E-state index contributed by atoms with van der Waals surface area (Å²) in [6.45, 7) is 1.52. The Hall–Kier alpha value is -2.13. The van der Waals surface area contributed by atoms with Crippen LogP contribution in [0, 0.1) is 6.92 Å². The molecule has 1 N–H and O–H groups in total. The predicted molar refractivity (Wildman–Crippen MR) is 72.0 cm³/mol. The monoisotopic (exact) mass is 313 g/mol. The lowest BCUT2D eigenvalue weighted by atomic mass is 10.3. The predicted octanol–water partition coefficient (Wildman–Crippen LogP) is 0.690. The molecule has 0 aromatic carbocycles. The van der Waals surface area contributed by atoms with Crippen molar-refractivity contribution in [3.63, 3.8) is 0 Å². The first kappa shape index (κ1) is 15.3. The van der Waals surface area contributed by atoms with Crippen LogP contribution in [0.5, 0.6) is 0 Å². The van der Waals surface area contributed by atoms with E-state index in [0.717, 1.165) is 20.7 Å². The molecule has 0 bridgehead atoms. The van der Waals surface area contributed by atoms with E-state index in [9.17, 15) is 13.2 Å². The van der Waals surface area contributed by atoms with Crippen LogP contribution in [0.2, 0.25) is 0 Å². The third-order valence-electron chi connectivity index (χ3n) is 2.97. The smallest absolute Gasteiger partial charge is 0.325 e. The standard InChI is InChI=1S/C12H15N3O5S/c1-9-10(3-4-20-9)6-14(2)21(18,19)11-5-13-15(7-11)8-12(16)17/h3-5,7H,6,8H2,1-2H3,(H,16,17). The minimum absolute atomic E-state index is 0.0487. The Balaban J connectivity index is 2.19. The molecular formula is C12H15N3O5S. The second-order valence-electron chi connectivity index (χ2n) is 4.53. The van der Waals surface area contributed by atoms with Crippen molar-refractivity contribution < 1.29 is 22.7 Å². The average Bonchev–Trinajstić information content (AvgIpc) is 2.99. The Morgan fingerprint density at radius 2 is 2.24 bits per heavy atom. The zero-order valence-corrected chi connectivity index (χ0v) is 12.4. The molecule has 2 rings (SSSR count). The number of hydrogen-bond donors (Lipinski definition) is 1. The molecule has 0 spiro atoms. The quantitative estimate of drug-likeness (QED) is 0.841. The minimum Gasteiger partial charge on any atom is -0.480 e. The van der Waals surface area contributed by atoms with E-state index >= 15 is 0 Å². The number of carboxylic acids is 1. The first-order valence-electron chi connectivity index (χ1n) is 6.04. The second kappa shape index (κ2) is 5.70. The van der Waals surface area contributed by atoms with E-state index in [1.54, 1.807) is 13.0 Å². The minimum atomic E-state index is -3.73. The maximum Gasteiger partial charge on any atom is 0.325 e. The molecule has 0 saturated heterocycles. The summed E-state index contributed by atoms with van der Waals surface area (Å²) in [5, 5.41) is 12.4. The number of nitrogens with zero attached hydrogens (tertiary/aromatic N) is 3. The van der Waals surface area contributed by atoms with E-state index in [-0.39, 0.29) is 18.0 Å². The maximum atomic E-state index is 12.4. The van der Waals surface area contributed by atoms with Crippen molar-refractivity contribution >= 4 is 16.0 Å². The highest BCUT2D eigenvalue weighted by molar-refractivity contribution is 7.89. The normalized spacial score (nSPS) is 12.0. The Bertz CT molecular complexity index is 747. The number of sulfonamides is 1. The van der Waals surface area contributed by atoms with Gasteiger partial charge in [0.15, 0.2) is 0 Å². The lowest BCUT2D eigenvalue weighted by molar-refractivity contribution is -0.137. The van der Waals surface area contributed by atoms with E-state index in [4.69, 9.17) is 9.52 Å². The van der Waals surface area contributed by atoms with Gasteiger partial charge in [0.2, 0.25) is 10.0 Å². The average molecular weight is 313 g/mol. The highest BCUT2D eigenvalue weighted by atomic mass is 32.2. The molecule has 0 saturated carbocycles. The van der Waals surface area contributed by atoms with Crippen LogP contribution < -0.4 is 0 Å². The topological polar surface area (TPSA) is 106 Å². The highest BCUT2D eigenvalue weighted by Crippen LogP contribution is 2.18. The number of furan rings is 1. The number of aryl methyl sites for hydroxylation is 1. The summed E-state index contributed by atoms with van der Waals surface area (Å²) in [7, 11) is -2.29. The number of rotatable bonds is 6. The van der Waals surface area contributed by atoms with Gasteiger partial charge < -0.3 is 9.52 Å². The van der Waals surface area contributed by atoms with Crippen LogP contribution in [-0.4, -0.2) is 40.6 Å². The van der Waals surface area contributed by atoms with Gasteiger partial charge in [-0.25, -0.2) is 8.42 Å². The van der Waals surface area contributed by atoms with Gasteiger partial charge in [-0.05, 0) is 13.0 Å². The van der Waals surface area contributed by atoms with Gasteiger partial charge in [0, 0.05) is 25.4 Å². The molecule has 114 valence electrons. The van der Waals surface area contributed by atoms with Crippen LogP contribution in [-0.2, 0) is 27.9 Å². The summed E-state index contributed by atoms with van der Waals surface area (Å²) >= 11 is 0. The first-order chi connectivity index (χ1) is 9.80. The van der Waals surface area contributed by atoms with Crippen LogP contribution in [0.1, 0.15) is 11.3 Å². The van der Waals surface area contributed by atoms with E-state index < -0.39 is 16.0 Å². The molecule has 0 aliphatic carbocycles.